The lowest BCUT2D eigenvalue weighted by molar-refractivity contribution is -0.140. The van der Waals surface area contributed by atoms with Crippen LogP contribution in [0.3, 0.4) is 0 Å². The van der Waals surface area contributed by atoms with E-state index in [9.17, 15) is 9.59 Å². The van der Waals surface area contributed by atoms with Crippen LogP contribution in [-0.2, 0) is 20.9 Å². The summed E-state index contributed by atoms with van der Waals surface area (Å²) in [6.45, 7) is 3.35. The molecule has 0 aliphatic rings. The molecule has 0 fully saturated rings. The number of benzene rings is 1. The van der Waals surface area contributed by atoms with E-state index >= 15 is 0 Å². The summed E-state index contributed by atoms with van der Waals surface area (Å²) >= 11 is 0. The Balaban J connectivity index is 2.48. The Morgan fingerprint density at radius 2 is 1.83 bits per heavy atom. The van der Waals surface area contributed by atoms with E-state index in [4.69, 9.17) is 4.74 Å². The number of ether oxygens (including phenoxy) is 1. The van der Waals surface area contributed by atoms with Crippen molar-refractivity contribution in [2.45, 2.75) is 20.5 Å². The van der Waals surface area contributed by atoms with Crippen LogP contribution in [0, 0.1) is 0 Å². The predicted octanol–water partition coefficient (Wildman–Crippen LogP) is 2.82. The van der Waals surface area contributed by atoms with Gasteiger partial charge in [-0.05, 0) is 25.5 Å². The summed E-state index contributed by atoms with van der Waals surface area (Å²) in [6, 6.07) is 9.47. The SMILES string of the molecule is CC(=O)C=CC=C(C)C(=O)OCc1ccccc1. The van der Waals surface area contributed by atoms with E-state index in [0.29, 0.717) is 5.57 Å². The molecule has 3 heteroatoms. The molecule has 3 nitrogen and oxygen atoms in total. The second-order valence-corrected chi connectivity index (χ2v) is 3.88. The molecule has 0 saturated carbocycles. The van der Waals surface area contributed by atoms with E-state index in [1.54, 1.807) is 19.1 Å². The lowest BCUT2D eigenvalue weighted by Crippen LogP contribution is -2.05. The zero-order chi connectivity index (χ0) is 13.4. The average molecular weight is 244 g/mol. The highest BCUT2D eigenvalue weighted by atomic mass is 16.5. The molecule has 0 aliphatic heterocycles. The van der Waals surface area contributed by atoms with Crippen LogP contribution >= 0.6 is 0 Å². The van der Waals surface area contributed by atoms with Gasteiger partial charge in [0.25, 0.3) is 0 Å². The minimum absolute atomic E-state index is 0.0586. The molecule has 0 saturated heterocycles. The lowest BCUT2D eigenvalue weighted by Gasteiger charge is -2.04. The second-order valence-electron chi connectivity index (χ2n) is 3.88. The van der Waals surface area contributed by atoms with Gasteiger partial charge in [-0.15, -0.1) is 0 Å². The molecule has 1 aromatic rings. The van der Waals surface area contributed by atoms with Gasteiger partial charge in [-0.25, -0.2) is 4.79 Å². The van der Waals surface area contributed by atoms with Crippen molar-refractivity contribution in [1.29, 1.82) is 0 Å². The Morgan fingerprint density at radius 3 is 2.44 bits per heavy atom. The van der Waals surface area contributed by atoms with Gasteiger partial charge in [-0.2, -0.15) is 0 Å². The van der Waals surface area contributed by atoms with Crippen LogP contribution < -0.4 is 0 Å². The van der Waals surface area contributed by atoms with Crippen LogP contribution in [0.25, 0.3) is 0 Å². The van der Waals surface area contributed by atoms with Crippen LogP contribution in [0.5, 0.6) is 0 Å². The molecule has 0 amide bonds. The number of carbonyl (C=O) groups is 2. The van der Waals surface area contributed by atoms with Crippen molar-refractivity contribution in [1.82, 2.24) is 0 Å². The van der Waals surface area contributed by atoms with Crippen LogP contribution in [-0.4, -0.2) is 11.8 Å². The average Bonchev–Trinajstić information content (AvgIpc) is 2.36. The van der Waals surface area contributed by atoms with E-state index < -0.39 is 0 Å². The first-order valence-corrected chi connectivity index (χ1v) is 5.66. The number of allylic oxidation sites excluding steroid dienone is 3. The van der Waals surface area contributed by atoms with Gasteiger partial charge in [0.15, 0.2) is 5.78 Å². The fourth-order valence-electron chi connectivity index (χ4n) is 1.23. The van der Waals surface area contributed by atoms with Crippen molar-refractivity contribution in [3.8, 4) is 0 Å². The first kappa shape index (κ1) is 13.9. The smallest absolute Gasteiger partial charge is 0.334 e. The Kier molecular flexibility index (Phi) is 5.58. The molecule has 0 spiro atoms. The molecule has 0 unspecified atom stereocenters. The molecule has 0 aromatic heterocycles. The number of esters is 1. The summed E-state index contributed by atoms with van der Waals surface area (Å²) < 4.78 is 5.12. The maximum atomic E-state index is 11.6. The highest BCUT2D eigenvalue weighted by molar-refractivity contribution is 5.90. The molecule has 18 heavy (non-hydrogen) atoms. The normalized spacial score (nSPS) is 11.6. The second kappa shape index (κ2) is 7.22. The summed E-state index contributed by atoms with van der Waals surface area (Å²) in [7, 11) is 0. The van der Waals surface area contributed by atoms with Crippen molar-refractivity contribution < 1.29 is 14.3 Å². The molecule has 0 bridgehead atoms. The van der Waals surface area contributed by atoms with Crippen LogP contribution in [0.4, 0.5) is 0 Å². The highest BCUT2D eigenvalue weighted by Gasteiger charge is 2.04. The Morgan fingerprint density at radius 1 is 1.17 bits per heavy atom. The predicted molar refractivity (Wildman–Crippen MR) is 69.8 cm³/mol. The lowest BCUT2D eigenvalue weighted by atomic mass is 10.2. The zero-order valence-electron chi connectivity index (χ0n) is 10.6. The van der Waals surface area contributed by atoms with E-state index in [1.807, 2.05) is 30.3 Å². The highest BCUT2D eigenvalue weighted by Crippen LogP contribution is 2.04. The number of rotatable bonds is 5. The van der Waals surface area contributed by atoms with E-state index in [1.165, 1.54) is 13.0 Å². The zero-order valence-corrected chi connectivity index (χ0v) is 10.6. The molecule has 1 aromatic carbocycles. The summed E-state index contributed by atoms with van der Waals surface area (Å²) in [5.41, 5.74) is 1.40. The third kappa shape index (κ3) is 5.25. The number of ketones is 1. The first-order valence-electron chi connectivity index (χ1n) is 5.66. The van der Waals surface area contributed by atoms with Gasteiger partial charge in [0.2, 0.25) is 0 Å². The maximum absolute atomic E-state index is 11.6. The van der Waals surface area contributed by atoms with E-state index in [-0.39, 0.29) is 18.4 Å². The molecule has 1 rings (SSSR count). The van der Waals surface area contributed by atoms with Gasteiger partial charge in [-0.1, -0.05) is 42.5 Å². The fraction of sp³-hybridized carbons (Fsp3) is 0.200. The molecule has 0 atom stereocenters. The van der Waals surface area contributed by atoms with Gasteiger partial charge < -0.3 is 4.74 Å². The van der Waals surface area contributed by atoms with Crippen molar-refractivity contribution in [3.63, 3.8) is 0 Å². The van der Waals surface area contributed by atoms with Crippen molar-refractivity contribution in [2.75, 3.05) is 0 Å². The summed E-state index contributed by atoms with van der Waals surface area (Å²) in [4.78, 5) is 22.3. The number of hydrogen-bond donors (Lipinski definition) is 0. The molecule has 0 heterocycles. The van der Waals surface area contributed by atoms with Crippen molar-refractivity contribution >= 4 is 11.8 Å². The molecular weight excluding hydrogens is 228 g/mol. The fourth-order valence-corrected chi connectivity index (χ4v) is 1.23. The quantitative estimate of drug-likeness (QED) is 0.454. The maximum Gasteiger partial charge on any atom is 0.334 e. The third-order valence-corrected chi connectivity index (χ3v) is 2.21. The first-order chi connectivity index (χ1) is 8.59. The minimum atomic E-state index is -0.382. The topological polar surface area (TPSA) is 43.4 Å². The van der Waals surface area contributed by atoms with Crippen molar-refractivity contribution in [2.24, 2.45) is 0 Å². The number of hydrogen-bond acceptors (Lipinski definition) is 3. The molecule has 94 valence electrons. The number of carbonyl (C=O) groups excluding carboxylic acids is 2. The van der Waals surface area contributed by atoms with Gasteiger partial charge in [-0.3, -0.25) is 4.79 Å². The van der Waals surface area contributed by atoms with E-state index in [2.05, 4.69) is 0 Å². The monoisotopic (exact) mass is 244 g/mol. The third-order valence-electron chi connectivity index (χ3n) is 2.21. The van der Waals surface area contributed by atoms with Crippen LogP contribution in [0.2, 0.25) is 0 Å². The van der Waals surface area contributed by atoms with E-state index in [0.717, 1.165) is 5.56 Å². The van der Waals surface area contributed by atoms with Crippen molar-refractivity contribution in [3.05, 3.63) is 59.7 Å². The van der Waals surface area contributed by atoms with Gasteiger partial charge in [0.1, 0.15) is 6.61 Å². The molecular formula is C15H16O3. The van der Waals surface area contributed by atoms with Gasteiger partial charge in [0, 0.05) is 5.57 Å². The minimum Gasteiger partial charge on any atom is -0.457 e. The Labute approximate surface area is 107 Å². The van der Waals surface area contributed by atoms with Gasteiger partial charge in [0.05, 0.1) is 0 Å². The largest absolute Gasteiger partial charge is 0.457 e. The summed E-state index contributed by atoms with van der Waals surface area (Å²) in [5, 5.41) is 0. The Hall–Kier alpha value is -2.16. The summed E-state index contributed by atoms with van der Waals surface area (Å²) in [5.74, 6) is -0.441. The Bertz CT molecular complexity index is 470. The standard InChI is InChI=1S/C15H16O3/c1-12(7-6-8-13(2)16)15(17)18-11-14-9-4-3-5-10-14/h3-10H,11H2,1-2H3. The van der Waals surface area contributed by atoms with Crippen LogP contribution in [0.15, 0.2) is 54.1 Å². The summed E-state index contributed by atoms with van der Waals surface area (Å²) in [6.07, 6.45) is 4.50. The molecule has 0 N–H and O–H groups in total. The molecule has 0 radical (unpaired) electrons. The van der Waals surface area contributed by atoms with Crippen LogP contribution in [0.1, 0.15) is 19.4 Å². The molecule has 0 aliphatic carbocycles. The van der Waals surface area contributed by atoms with Gasteiger partial charge >= 0.3 is 5.97 Å².